The maximum absolute atomic E-state index is 12.6. The fourth-order valence-corrected chi connectivity index (χ4v) is 3.39. The third kappa shape index (κ3) is 3.98. The highest BCUT2D eigenvalue weighted by Gasteiger charge is 2.28. The average molecular weight is 378 g/mol. The molecule has 0 aliphatic carbocycles. The van der Waals surface area contributed by atoms with Crippen LogP contribution in [-0.4, -0.2) is 47.4 Å². The summed E-state index contributed by atoms with van der Waals surface area (Å²) in [6.45, 7) is 1.66. The fourth-order valence-electron chi connectivity index (χ4n) is 3.39. The van der Waals surface area contributed by atoms with E-state index in [4.69, 9.17) is 9.47 Å². The Hall–Kier alpha value is -3.35. The van der Waals surface area contributed by atoms with Crippen molar-refractivity contribution < 1.29 is 14.3 Å². The number of carbonyl (C=O) groups excluding carboxylic acids is 1. The Morgan fingerprint density at radius 1 is 1.11 bits per heavy atom. The van der Waals surface area contributed by atoms with Crippen LogP contribution in [0.4, 0.5) is 4.79 Å². The van der Waals surface area contributed by atoms with Crippen LogP contribution < -0.4 is 14.8 Å². The lowest BCUT2D eigenvalue weighted by Gasteiger charge is -2.18. The maximum Gasteiger partial charge on any atom is 0.317 e. The number of ether oxygens (including phenoxy) is 2. The van der Waals surface area contributed by atoms with Crippen molar-refractivity contribution in [1.29, 1.82) is 0 Å². The molecule has 1 unspecified atom stereocenters. The van der Waals surface area contributed by atoms with E-state index in [2.05, 4.69) is 33.7 Å². The summed E-state index contributed by atoms with van der Waals surface area (Å²) in [5, 5.41) is 13.2. The van der Waals surface area contributed by atoms with Crippen molar-refractivity contribution in [2.45, 2.75) is 19.1 Å². The molecule has 2 heterocycles. The van der Waals surface area contributed by atoms with Gasteiger partial charge < -0.3 is 19.7 Å². The number of rotatable bonds is 5. The van der Waals surface area contributed by atoms with E-state index in [1.165, 1.54) is 12.5 Å². The van der Waals surface area contributed by atoms with E-state index >= 15 is 0 Å². The lowest BCUT2D eigenvalue weighted by Crippen LogP contribution is -2.39. The van der Waals surface area contributed by atoms with Crippen molar-refractivity contribution in [2.24, 2.45) is 0 Å². The molecule has 1 saturated heterocycles. The number of aromatic nitrogens is 2. The van der Waals surface area contributed by atoms with E-state index in [9.17, 15) is 4.79 Å². The minimum atomic E-state index is -0.0917. The summed E-state index contributed by atoms with van der Waals surface area (Å²) in [7, 11) is 1.54. The second kappa shape index (κ2) is 8.12. The molecular formula is C21H22N4O3. The van der Waals surface area contributed by atoms with Crippen LogP contribution in [0.25, 0.3) is 10.8 Å². The van der Waals surface area contributed by atoms with Gasteiger partial charge in [0, 0.05) is 31.6 Å². The summed E-state index contributed by atoms with van der Waals surface area (Å²) in [6, 6.07) is 17.6. The van der Waals surface area contributed by atoms with Gasteiger partial charge in [0.25, 0.3) is 0 Å². The number of hydrogen-bond donors (Lipinski definition) is 1. The normalized spacial score (nSPS) is 16.2. The first-order valence-corrected chi connectivity index (χ1v) is 9.27. The summed E-state index contributed by atoms with van der Waals surface area (Å²) in [5.74, 6) is 0.872. The van der Waals surface area contributed by atoms with Crippen LogP contribution in [0, 0.1) is 0 Å². The van der Waals surface area contributed by atoms with Crippen molar-refractivity contribution >= 4 is 16.8 Å². The maximum atomic E-state index is 12.6. The van der Waals surface area contributed by atoms with E-state index < -0.39 is 0 Å². The Morgan fingerprint density at radius 3 is 2.71 bits per heavy atom. The van der Waals surface area contributed by atoms with Crippen molar-refractivity contribution in [3.05, 3.63) is 60.2 Å². The van der Waals surface area contributed by atoms with Crippen LogP contribution in [0.2, 0.25) is 0 Å². The van der Waals surface area contributed by atoms with Gasteiger partial charge in [0.1, 0.15) is 6.10 Å². The first-order chi connectivity index (χ1) is 13.7. The quantitative estimate of drug-likeness (QED) is 0.739. The molecule has 7 nitrogen and oxygen atoms in total. The highest BCUT2D eigenvalue weighted by molar-refractivity contribution is 5.86. The Bertz CT molecular complexity index is 956. The summed E-state index contributed by atoms with van der Waals surface area (Å²) >= 11 is 0. The molecule has 0 radical (unpaired) electrons. The largest absolute Gasteiger partial charge is 0.480 e. The molecule has 1 aromatic heterocycles. The molecule has 1 N–H and O–H groups in total. The summed E-state index contributed by atoms with van der Waals surface area (Å²) < 4.78 is 10.8. The number of urea groups is 1. The van der Waals surface area contributed by atoms with Gasteiger partial charge in [-0.1, -0.05) is 42.5 Å². The van der Waals surface area contributed by atoms with Gasteiger partial charge in [0.2, 0.25) is 11.8 Å². The van der Waals surface area contributed by atoms with Crippen LogP contribution in [0.3, 0.4) is 0 Å². The average Bonchev–Trinajstić information content (AvgIpc) is 3.21. The third-order valence-electron chi connectivity index (χ3n) is 4.85. The predicted molar refractivity (Wildman–Crippen MR) is 105 cm³/mol. The van der Waals surface area contributed by atoms with E-state index in [-0.39, 0.29) is 12.1 Å². The van der Waals surface area contributed by atoms with Gasteiger partial charge in [-0.15, -0.1) is 10.2 Å². The van der Waals surface area contributed by atoms with E-state index in [1.807, 2.05) is 24.3 Å². The minimum absolute atomic E-state index is 0.0835. The highest BCUT2D eigenvalue weighted by Crippen LogP contribution is 2.20. The van der Waals surface area contributed by atoms with Gasteiger partial charge in [-0.2, -0.15) is 0 Å². The summed E-state index contributed by atoms with van der Waals surface area (Å²) in [5.41, 5.74) is 1.10. The van der Waals surface area contributed by atoms with Crippen molar-refractivity contribution in [3.63, 3.8) is 0 Å². The number of methoxy groups -OCH3 is 1. The predicted octanol–water partition coefficient (Wildman–Crippen LogP) is 3.00. The highest BCUT2D eigenvalue weighted by atomic mass is 16.5. The minimum Gasteiger partial charge on any atom is -0.480 e. The van der Waals surface area contributed by atoms with Crippen LogP contribution >= 0.6 is 0 Å². The molecule has 3 aromatic rings. The second-order valence-corrected chi connectivity index (χ2v) is 6.69. The molecule has 2 aromatic carbocycles. The standard InChI is InChI=1S/C21H22N4O3/c1-27-19-9-10-20(24-23-19)28-17-11-12-25(14-17)21(26)22-13-16-7-4-6-15-5-2-3-8-18(15)16/h2-10,17H,11-14H2,1H3,(H,22,26). The first kappa shape index (κ1) is 18.0. The van der Waals surface area contributed by atoms with Crippen LogP contribution in [0.15, 0.2) is 54.6 Å². The molecule has 1 aliphatic rings. The lowest BCUT2D eigenvalue weighted by molar-refractivity contribution is 0.181. The number of nitrogens with one attached hydrogen (secondary N) is 1. The third-order valence-corrected chi connectivity index (χ3v) is 4.85. The molecule has 2 amide bonds. The Morgan fingerprint density at radius 2 is 1.89 bits per heavy atom. The number of nitrogens with zero attached hydrogens (tertiary/aromatic N) is 3. The summed E-state index contributed by atoms with van der Waals surface area (Å²) in [4.78, 5) is 14.3. The van der Waals surface area contributed by atoms with E-state index in [0.717, 1.165) is 17.4 Å². The Balaban J connectivity index is 1.32. The van der Waals surface area contributed by atoms with Gasteiger partial charge in [-0.05, 0) is 16.3 Å². The molecule has 0 bridgehead atoms. The van der Waals surface area contributed by atoms with Gasteiger partial charge in [0.15, 0.2) is 0 Å². The molecule has 0 saturated carbocycles. The smallest absolute Gasteiger partial charge is 0.317 e. The molecule has 1 fully saturated rings. The zero-order valence-corrected chi connectivity index (χ0v) is 15.7. The van der Waals surface area contributed by atoms with E-state index in [1.54, 1.807) is 17.0 Å². The van der Waals surface area contributed by atoms with E-state index in [0.29, 0.717) is 31.4 Å². The summed E-state index contributed by atoms with van der Waals surface area (Å²) in [6.07, 6.45) is 0.668. The SMILES string of the molecule is COc1ccc(OC2CCN(C(=O)NCc3cccc4ccccc34)C2)nn1. The molecule has 28 heavy (non-hydrogen) atoms. The molecule has 144 valence electrons. The first-order valence-electron chi connectivity index (χ1n) is 9.27. The molecule has 0 spiro atoms. The number of likely N-dealkylation sites (tertiary alicyclic amines) is 1. The molecule has 1 aliphatic heterocycles. The van der Waals surface area contributed by atoms with Crippen molar-refractivity contribution in [2.75, 3.05) is 20.2 Å². The van der Waals surface area contributed by atoms with Crippen LogP contribution in [0.1, 0.15) is 12.0 Å². The number of hydrogen-bond acceptors (Lipinski definition) is 5. The molecule has 4 rings (SSSR count). The zero-order chi connectivity index (χ0) is 19.3. The van der Waals surface area contributed by atoms with Gasteiger partial charge in [0.05, 0.1) is 13.7 Å². The number of fused-ring (bicyclic) bond motifs is 1. The topological polar surface area (TPSA) is 76.6 Å². The van der Waals surface area contributed by atoms with Gasteiger partial charge in [-0.25, -0.2) is 4.79 Å². The van der Waals surface area contributed by atoms with Gasteiger partial charge >= 0.3 is 6.03 Å². The monoisotopic (exact) mass is 378 g/mol. The molecular weight excluding hydrogens is 356 g/mol. The number of amides is 2. The Kier molecular flexibility index (Phi) is 5.23. The van der Waals surface area contributed by atoms with Crippen molar-refractivity contribution in [1.82, 2.24) is 20.4 Å². The Labute approximate surface area is 163 Å². The number of carbonyl (C=O) groups is 1. The second-order valence-electron chi connectivity index (χ2n) is 6.69. The van der Waals surface area contributed by atoms with Crippen LogP contribution in [0.5, 0.6) is 11.8 Å². The van der Waals surface area contributed by atoms with Crippen molar-refractivity contribution in [3.8, 4) is 11.8 Å². The fraction of sp³-hybridized carbons (Fsp3) is 0.286. The molecule has 7 heteroatoms. The molecule has 1 atom stereocenters. The zero-order valence-electron chi connectivity index (χ0n) is 15.7. The van der Waals surface area contributed by atoms with Gasteiger partial charge in [-0.3, -0.25) is 0 Å². The van der Waals surface area contributed by atoms with Crippen LogP contribution in [-0.2, 0) is 6.54 Å². The number of benzene rings is 2. The lowest BCUT2D eigenvalue weighted by atomic mass is 10.0.